The summed E-state index contributed by atoms with van der Waals surface area (Å²) in [5.74, 6) is 0.801. The number of nitrogens with one attached hydrogen (secondary N) is 1. The van der Waals surface area contributed by atoms with Crippen molar-refractivity contribution in [3.63, 3.8) is 0 Å². The predicted molar refractivity (Wildman–Crippen MR) is 57.9 cm³/mol. The molecule has 0 spiro atoms. The molecular formula is C12H12NO. The highest BCUT2D eigenvalue weighted by Gasteiger charge is 2.04. The third-order valence-electron chi connectivity index (χ3n) is 2.17. The Morgan fingerprint density at radius 1 is 1.14 bits per heavy atom. The lowest BCUT2D eigenvalue weighted by Gasteiger charge is -2.08. The fraction of sp³-hybridized carbons (Fsp3) is 0.167. The second kappa shape index (κ2) is 3.58. The first-order chi connectivity index (χ1) is 6.83. The third-order valence-corrected chi connectivity index (χ3v) is 2.17. The molecule has 2 aromatic rings. The Balaban J connectivity index is 2.71. The molecule has 2 nitrogen and oxygen atoms in total. The van der Waals surface area contributed by atoms with Crippen molar-refractivity contribution in [1.82, 2.24) is 5.73 Å². The molecule has 1 N–H and O–H groups in total. The zero-order valence-electron chi connectivity index (χ0n) is 8.08. The molecule has 0 aromatic heterocycles. The topological polar surface area (TPSA) is 33.0 Å². The predicted octanol–water partition coefficient (Wildman–Crippen LogP) is 3.15. The Morgan fingerprint density at radius 2 is 1.86 bits per heavy atom. The van der Waals surface area contributed by atoms with Crippen LogP contribution >= 0.6 is 0 Å². The molecule has 1 radical (unpaired) electrons. The van der Waals surface area contributed by atoms with Crippen LogP contribution in [0.5, 0.6) is 5.75 Å². The van der Waals surface area contributed by atoms with Crippen molar-refractivity contribution < 1.29 is 4.74 Å². The highest BCUT2D eigenvalue weighted by atomic mass is 16.5. The van der Waals surface area contributed by atoms with Crippen molar-refractivity contribution >= 4 is 16.5 Å². The highest BCUT2D eigenvalue weighted by molar-refractivity contribution is 5.96. The Morgan fingerprint density at radius 3 is 2.57 bits per heavy atom. The first kappa shape index (κ1) is 8.88. The number of ether oxygens (including phenoxy) is 1. The minimum absolute atomic E-state index is 0.520. The zero-order chi connectivity index (χ0) is 9.97. The molecule has 0 aliphatic rings. The van der Waals surface area contributed by atoms with Gasteiger partial charge in [-0.1, -0.05) is 24.3 Å². The maximum Gasteiger partial charge on any atom is 0.129 e. The van der Waals surface area contributed by atoms with Crippen molar-refractivity contribution in [3.8, 4) is 5.75 Å². The number of hydrogen-bond acceptors (Lipinski definition) is 1. The summed E-state index contributed by atoms with van der Waals surface area (Å²) in [5.41, 5.74) is 8.32. The van der Waals surface area contributed by atoms with Gasteiger partial charge in [0.1, 0.15) is 5.75 Å². The number of hydrogen-bond donors (Lipinski definition) is 0. The van der Waals surface area contributed by atoms with Gasteiger partial charge >= 0.3 is 0 Å². The minimum Gasteiger partial charge on any atom is -0.493 e. The normalized spacial score (nSPS) is 10.4. The average molecular weight is 186 g/mol. The lowest BCUT2D eigenvalue weighted by Crippen LogP contribution is -1.92. The van der Waals surface area contributed by atoms with Crippen LogP contribution in [0.3, 0.4) is 0 Å². The standard InChI is InChI=1S/C12H12NO/c1-2-14-11-8-4-6-9-5-3-7-10(13)12(9)11/h3-8,13H,2H2,1H3. The molecule has 0 aliphatic carbocycles. The van der Waals surface area contributed by atoms with Crippen LogP contribution in [0, 0.1) is 0 Å². The van der Waals surface area contributed by atoms with Crippen molar-refractivity contribution in [3.05, 3.63) is 36.4 Å². The zero-order valence-corrected chi connectivity index (χ0v) is 8.08. The molecular weight excluding hydrogens is 174 g/mol. The van der Waals surface area contributed by atoms with E-state index in [-0.39, 0.29) is 0 Å². The third kappa shape index (κ3) is 1.39. The molecule has 71 valence electrons. The van der Waals surface area contributed by atoms with Gasteiger partial charge in [0.05, 0.1) is 12.3 Å². The van der Waals surface area contributed by atoms with E-state index in [0.717, 1.165) is 16.5 Å². The molecule has 0 heterocycles. The van der Waals surface area contributed by atoms with E-state index >= 15 is 0 Å². The summed E-state index contributed by atoms with van der Waals surface area (Å²) in [6, 6.07) is 11.5. The van der Waals surface area contributed by atoms with Crippen LogP contribution in [-0.2, 0) is 0 Å². The van der Waals surface area contributed by atoms with Gasteiger partial charge in [0.15, 0.2) is 0 Å². The quantitative estimate of drug-likeness (QED) is 0.709. The van der Waals surface area contributed by atoms with Crippen LogP contribution in [0.15, 0.2) is 36.4 Å². The molecule has 0 fully saturated rings. The minimum atomic E-state index is 0.520. The van der Waals surface area contributed by atoms with Gasteiger partial charge in [0.25, 0.3) is 0 Å². The first-order valence-electron chi connectivity index (χ1n) is 4.69. The molecule has 0 aliphatic heterocycles. The fourth-order valence-corrected chi connectivity index (χ4v) is 1.58. The summed E-state index contributed by atoms with van der Waals surface area (Å²) in [6.45, 7) is 2.58. The Labute approximate surface area is 83.3 Å². The maximum atomic E-state index is 7.80. The first-order valence-corrected chi connectivity index (χ1v) is 4.69. The van der Waals surface area contributed by atoms with Crippen LogP contribution in [0.2, 0.25) is 0 Å². The lowest BCUT2D eigenvalue weighted by molar-refractivity contribution is 0.344. The highest BCUT2D eigenvalue weighted by Crippen LogP contribution is 2.31. The van der Waals surface area contributed by atoms with Crippen molar-refractivity contribution in [2.45, 2.75) is 6.92 Å². The van der Waals surface area contributed by atoms with E-state index in [2.05, 4.69) is 0 Å². The fourth-order valence-electron chi connectivity index (χ4n) is 1.58. The molecule has 0 saturated carbocycles. The molecule has 0 bridgehead atoms. The van der Waals surface area contributed by atoms with Crippen molar-refractivity contribution in [1.29, 1.82) is 0 Å². The van der Waals surface area contributed by atoms with Gasteiger partial charge in [-0.2, -0.15) is 0 Å². The Hall–Kier alpha value is -1.70. The second-order valence-electron chi connectivity index (χ2n) is 3.09. The van der Waals surface area contributed by atoms with Gasteiger partial charge < -0.3 is 10.5 Å². The van der Waals surface area contributed by atoms with Gasteiger partial charge in [-0.25, -0.2) is 0 Å². The maximum absolute atomic E-state index is 7.80. The van der Waals surface area contributed by atoms with Crippen LogP contribution < -0.4 is 10.5 Å². The molecule has 0 saturated heterocycles. The van der Waals surface area contributed by atoms with Gasteiger partial charge in [0, 0.05) is 5.39 Å². The summed E-state index contributed by atoms with van der Waals surface area (Å²) in [7, 11) is 0. The Bertz CT molecular complexity index is 446. The van der Waals surface area contributed by atoms with E-state index in [1.807, 2.05) is 37.3 Å². The van der Waals surface area contributed by atoms with E-state index in [1.54, 1.807) is 6.07 Å². The molecule has 2 rings (SSSR count). The monoisotopic (exact) mass is 186 g/mol. The van der Waals surface area contributed by atoms with E-state index in [0.29, 0.717) is 12.3 Å². The van der Waals surface area contributed by atoms with E-state index in [1.165, 1.54) is 0 Å². The van der Waals surface area contributed by atoms with Gasteiger partial charge in [0.2, 0.25) is 0 Å². The number of fused-ring (bicyclic) bond motifs is 1. The molecule has 2 heteroatoms. The van der Waals surface area contributed by atoms with Crippen LogP contribution in [0.1, 0.15) is 6.92 Å². The Kier molecular flexibility index (Phi) is 2.27. The van der Waals surface area contributed by atoms with Crippen molar-refractivity contribution in [2.24, 2.45) is 0 Å². The van der Waals surface area contributed by atoms with Crippen LogP contribution in [0.25, 0.3) is 10.8 Å². The van der Waals surface area contributed by atoms with E-state index < -0.39 is 0 Å². The average Bonchev–Trinajstić information content (AvgIpc) is 2.19. The van der Waals surface area contributed by atoms with E-state index in [9.17, 15) is 0 Å². The van der Waals surface area contributed by atoms with Crippen LogP contribution in [-0.4, -0.2) is 6.61 Å². The second-order valence-corrected chi connectivity index (χ2v) is 3.09. The largest absolute Gasteiger partial charge is 0.493 e. The SMILES string of the molecule is CCOc1cccc2cccc([NH])c12. The summed E-state index contributed by atoms with van der Waals surface area (Å²) in [4.78, 5) is 0. The number of rotatable bonds is 2. The van der Waals surface area contributed by atoms with Crippen molar-refractivity contribution in [2.75, 3.05) is 6.61 Å². The smallest absolute Gasteiger partial charge is 0.129 e. The summed E-state index contributed by atoms with van der Waals surface area (Å²) in [6.07, 6.45) is 0. The van der Waals surface area contributed by atoms with Gasteiger partial charge in [-0.05, 0) is 24.4 Å². The number of benzene rings is 2. The molecule has 0 atom stereocenters. The van der Waals surface area contributed by atoms with Gasteiger partial charge in [-0.3, -0.25) is 0 Å². The van der Waals surface area contributed by atoms with E-state index in [4.69, 9.17) is 10.5 Å². The molecule has 0 unspecified atom stereocenters. The van der Waals surface area contributed by atoms with Crippen LogP contribution in [0.4, 0.5) is 5.69 Å². The molecule has 0 amide bonds. The summed E-state index contributed by atoms with van der Waals surface area (Å²) in [5, 5.41) is 1.96. The lowest BCUT2D eigenvalue weighted by atomic mass is 10.1. The summed E-state index contributed by atoms with van der Waals surface area (Å²) >= 11 is 0. The molecule has 14 heavy (non-hydrogen) atoms. The summed E-state index contributed by atoms with van der Waals surface area (Å²) < 4.78 is 5.48. The van der Waals surface area contributed by atoms with Gasteiger partial charge in [-0.15, -0.1) is 0 Å². The molecule has 2 aromatic carbocycles.